The Morgan fingerprint density at radius 1 is 1.26 bits per heavy atom. The number of hydrogen-bond acceptors (Lipinski definition) is 5. The normalized spacial score (nSPS) is 34.2. The number of aliphatic hydroxyl groups excluding tert-OH is 1. The molecule has 1 N–H and O–H groups in total. The van der Waals surface area contributed by atoms with Crippen molar-refractivity contribution in [1.82, 2.24) is 0 Å². The number of carbonyl (C=O) groups is 2. The summed E-state index contributed by atoms with van der Waals surface area (Å²) in [4.78, 5) is 28.0. The zero-order valence-corrected chi connectivity index (χ0v) is 23.8. The highest BCUT2D eigenvalue weighted by Crippen LogP contribution is 2.57. The molecule has 192 valence electrons. The van der Waals surface area contributed by atoms with Crippen LogP contribution in [0, 0.1) is 22.7 Å². The van der Waals surface area contributed by atoms with Gasteiger partial charge >= 0.3 is 5.97 Å². The Kier molecular flexibility index (Phi) is 7.50. The minimum atomic E-state index is -2.00. The summed E-state index contributed by atoms with van der Waals surface area (Å²) in [5.41, 5.74) is -0.552. The Labute approximate surface area is 207 Å². The molecule has 3 rings (SSSR count). The summed E-state index contributed by atoms with van der Waals surface area (Å²) < 4.78 is 12.4. The first kappa shape index (κ1) is 27.3. The molecule has 0 bridgehead atoms. The molecule has 34 heavy (non-hydrogen) atoms. The van der Waals surface area contributed by atoms with E-state index >= 15 is 0 Å². The van der Waals surface area contributed by atoms with Crippen molar-refractivity contribution in [3.05, 3.63) is 23.3 Å². The number of aliphatic hydroxyl groups is 1. The van der Waals surface area contributed by atoms with E-state index < -0.39 is 31.2 Å². The summed E-state index contributed by atoms with van der Waals surface area (Å²) in [5.74, 6) is -0.250. The maximum absolute atomic E-state index is 14.5. The zero-order chi connectivity index (χ0) is 25.7. The second-order valence-electron chi connectivity index (χ2n) is 12.8. The summed E-state index contributed by atoms with van der Waals surface area (Å²) in [6, 6.07) is 0. The molecule has 1 saturated carbocycles. The molecule has 3 aliphatic carbocycles. The number of esters is 1. The maximum atomic E-state index is 14.5. The molecule has 0 saturated heterocycles. The second-order valence-corrected chi connectivity index (χ2v) is 17.6. The molecule has 0 aliphatic heterocycles. The number of ether oxygens (including phenoxy) is 1. The fraction of sp³-hybridized carbons (Fsp3) is 0.786. The van der Waals surface area contributed by atoms with E-state index in [1.807, 2.05) is 19.9 Å². The lowest BCUT2D eigenvalue weighted by atomic mass is 9.61. The van der Waals surface area contributed by atoms with E-state index in [1.165, 1.54) is 0 Å². The van der Waals surface area contributed by atoms with Crippen molar-refractivity contribution >= 4 is 20.1 Å². The summed E-state index contributed by atoms with van der Waals surface area (Å²) in [7, 11) is -2.00. The van der Waals surface area contributed by atoms with E-state index in [4.69, 9.17) is 9.16 Å². The van der Waals surface area contributed by atoms with Crippen molar-refractivity contribution in [3.8, 4) is 0 Å². The molecular formula is C28H46O5Si. The molecular weight excluding hydrogens is 444 g/mol. The van der Waals surface area contributed by atoms with E-state index in [2.05, 4.69) is 40.8 Å². The van der Waals surface area contributed by atoms with Gasteiger partial charge in [-0.2, -0.15) is 0 Å². The number of rotatable bonds is 6. The van der Waals surface area contributed by atoms with Crippen molar-refractivity contribution in [2.45, 2.75) is 111 Å². The van der Waals surface area contributed by atoms with Crippen LogP contribution in [-0.2, 0) is 18.8 Å². The maximum Gasteiger partial charge on any atom is 0.319 e. The van der Waals surface area contributed by atoms with Crippen molar-refractivity contribution in [2.75, 3.05) is 6.61 Å². The lowest BCUT2D eigenvalue weighted by Gasteiger charge is -2.43. The largest absolute Gasteiger partial charge is 0.465 e. The van der Waals surface area contributed by atoms with Gasteiger partial charge in [-0.3, -0.25) is 9.59 Å². The SMILES string of the molecule is CCOC(=O)[C@]1(CC(C)C)C2=C(C=C[C@@H]1O)CC[C@@H]1[C@@H](O[Si](C)(C)C(C)(C)C)CC[C@]1(C)C2=O. The van der Waals surface area contributed by atoms with Crippen LogP contribution in [0.15, 0.2) is 23.3 Å². The molecule has 0 aromatic rings. The minimum Gasteiger partial charge on any atom is -0.465 e. The van der Waals surface area contributed by atoms with Gasteiger partial charge in [-0.25, -0.2) is 0 Å². The summed E-state index contributed by atoms with van der Waals surface area (Å²) in [5, 5.41) is 11.3. The molecule has 0 amide bonds. The number of ketones is 1. The van der Waals surface area contributed by atoms with E-state index in [-0.39, 0.29) is 35.4 Å². The number of carbonyl (C=O) groups excluding carboxylic acids is 2. The quantitative estimate of drug-likeness (QED) is 0.366. The molecule has 0 heterocycles. The van der Waals surface area contributed by atoms with Gasteiger partial charge in [0, 0.05) is 17.1 Å². The van der Waals surface area contributed by atoms with Crippen LogP contribution in [0.1, 0.15) is 80.6 Å². The van der Waals surface area contributed by atoms with Crippen LogP contribution in [-0.4, -0.2) is 44.0 Å². The molecule has 0 radical (unpaired) electrons. The summed E-state index contributed by atoms with van der Waals surface area (Å²) in [6.45, 7) is 19.4. The van der Waals surface area contributed by atoms with E-state index in [1.54, 1.807) is 13.0 Å². The highest BCUT2D eigenvalue weighted by atomic mass is 28.4. The molecule has 6 heteroatoms. The average Bonchev–Trinajstić information content (AvgIpc) is 2.97. The van der Waals surface area contributed by atoms with Gasteiger partial charge in [0.25, 0.3) is 0 Å². The fourth-order valence-electron chi connectivity index (χ4n) is 6.20. The topological polar surface area (TPSA) is 72.8 Å². The van der Waals surface area contributed by atoms with Gasteiger partial charge in [-0.05, 0) is 74.6 Å². The van der Waals surface area contributed by atoms with Crippen molar-refractivity contribution < 1.29 is 23.9 Å². The number of allylic oxidation sites excluding steroid dienone is 2. The van der Waals surface area contributed by atoms with Gasteiger partial charge < -0.3 is 14.3 Å². The molecule has 0 aromatic heterocycles. The first-order chi connectivity index (χ1) is 15.6. The van der Waals surface area contributed by atoms with Crippen LogP contribution < -0.4 is 0 Å². The Morgan fingerprint density at radius 2 is 1.91 bits per heavy atom. The summed E-state index contributed by atoms with van der Waals surface area (Å²) >= 11 is 0. The fourth-order valence-corrected chi connectivity index (χ4v) is 7.59. The van der Waals surface area contributed by atoms with Crippen LogP contribution in [0.5, 0.6) is 0 Å². The van der Waals surface area contributed by atoms with Crippen LogP contribution in [0.4, 0.5) is 0 Å². The molecule has 3 aliphatic rings. The monoisotopic (exact) mass is 490 g/mol. The predicted octanol–water partition coefficient (Wildman–Crippen LogP) is 5.98. The Hall–Kier alpha value is -1.24. The third kappa shape index (κ3) is 4.39. The van der Waals surface area contributed by atoms with Gasteiger partial charge in [0.2, 0.25) is 0 Å². The Bertz CT molecular complexity index is 880. The van der Waals surface area contributed by atoms with Crippen LogP contribution in [0.2, 0.25) is 18.1 Å². The minimum absolute atomic E-state index is 0.0171. The molecule has 0 aromatic carbocycles. The lowest BCUT2D eigenvalue weighted by molar-refractivity contribution is -0.161. The van der Waals surface area contributed by atoms with E-state index in [0.717, 1.165) is 24.8 Å². The molecule has 5 nitrogen and oxygen atoms in total. The van der Waals surface area contributed by atoms with Crippen molar-refractivity contribution in [1.29, 1.82) is 0 Å². The number of fused-ring (bicyclic) bond motifs is 1. The van der Waals surface area contributed by atoms with E-state index in [0.29, 0.717) is 18.4 Å². The van der Waals surface area contributed by atoms with Crippen LogP contribution in [0.25, 0.3) is 0 Å². The second kappa shape index (κ2) is 9.33. The molecule has 5 atom stereocenters. The van der Waals surface area contributed by atoms with Gasteiger partial charge in [-0.15, -0.1) is 0 Å². The Morgan fingerprint density at radius 3 is 2.47 bits per heavy atom. The third-order valence-corrected chi connectivity index (χ3v) is 13.6. The van der Waals surface area contributed by atoms with Crippen LogP contribution >= 0.6 is 0 Å². The first-order valence-corrected chi connectivity index (χ1v) is 16.0. The van der Waals surface area contributed by atoms with Crippen molar-refractivity contribution in [3.63, 3.8) is 0 Å². The highest BCUT2D eigenvalue weighted by molar-refractivity contribution is 6.74. The van der Waals surface area contributed by atoms with Crippen molar-refractivity contribution in [2.24, 2.45) is 22.7 Å². The Balaban J connectivity index is 2.07. The standard InChI is InChI=1S/C28H46O5Si/c1-10-32-25(31)28(17-18(2)3)22(29)14-12-19-11-13-20-21(33-34(8,9)26(4,5)6)15-16-27(20,7)24(30)23(19)28/h12,14,18,20-22,29H,10-11,13,15-17H2,1-9H3/t20-,21+,22+,27+,28+/m1/s1. The first-order valence-electron chi connectivity index (χ1n) is 13.1. The lowest BCUT2D eigenvalue weighted by Crippen LogP contribution is -2.51. The third-order valence-electron chi connectivity index (χ3n) is 9.06. The zero-order valence-electron chi connectivity index (χ0n) is 22.8. The van der Waals surface area contributed by atoms with Crippen LogP contribution in [0.3, 0.4) is 0 Å². The van der Waals surface area contributed by atoms with Gasteiger partial charge in [-0.1, -0.05) is 53.7 Å². The summed E-state index contributed by atoms with van der Waals surface area (Å²) in [6.07, 6.45) is 6.09. The molecule has 1 fully saturated rings. The van der Waals surface area contributed by atoms with Gasteiger partial charge in [0.15, 0.2) is 14.1 Å². The average molecular weight is 491 g/mol. The van der Waals surface area contributed by atoms with Gasteiger partial charge in [0.05, 0.1) is 12.7 Å². The highest BCUT2D eigenvalue weighted by Gasteiger charge is 2.61. The van der Waals surface area contributed by atoms with E-state index in [9.17, 15) is 14.7 Å². The number of hydrogen-bond donors (Lipinski definition) is 1. The molecule has 0 unspecified atom stereocenters. The number of Topliss-reactive ketones (excluding diaryl/α,β-unsaturated/α-hetero) is 1. The van der Waals surface area contributed by atoms with Gasteiger partial charge in [0.1, 0.15) is 5.41 Å². The smallest absolute Gasteiger partial charge is 0.319 e. The molecule has 0 spiro atoms. The predicted molar refractivity (Wildman–Crippen MR) is 138 cm³/mol.